The molecule has 1 aromatic heterocycles. The second kappa shape index (κ2) is 9.32. The van der Waals surface area contributed by atoms with E-state index in [0.717, 1.165) is 0 Å². The van der Waals surface area contributed by atoms with E-state index >= 15 is 0 Å². The zero-order chi connectivity index (χ0) is 23.5. The summed E-state index contributed by atoms with van der Waals surface area (Å²) in [6, 6.07) is 6.83. The van der Waals surface area contributed by atoms with Crippen molar-refractivity contribution in [2.24, 2.45) is 12.0 Å². The third kappa shape index (κ3) is 4.70. The number of nitrogens with zero attached hydrogens (tertiary/aromatic N) is 4. The van der Waals surface area contributed by atoms with Crippen molar-refractivity contribution in [2.45, 2.75) is 20.3 Å². The van der Waals surface area contributed by atoms with Gasteiger partial charge >= 0.3 is 0 Å². The first-order chi connectivity index (χ1) is 15.2. The Bertz CT molecular complexity index is 1400. The molecule has 0 saturated carbocycles. The zero-order valence-electron chi connectivity index (χ0n) is 17.7. The molecular formula is C21H23F2N5O3S. The van der Waals surface area contributed by atoms with Gasteiger partial charge in [0.25, 0.3) is 0 Å². The number of hydrogen-bond donors (Lipinski definition) is 1. The molecule has 0 bridgehead atoms. The van der Waals surface area contributed by atoms with Crippen LogP contribution in [0.15, 0.2) is 35.6 Å². The Morgan fingerprint density at radius 3 is 2.69 bits per heavy atom. The number of ether oxygens (including phenoxy) is 1. The number of aromatic nitrogens is 2. The molecule has 3 aromatic rings. The number of benzene rings is 2. The maximum absolute atomic E-state index is 14.6. The van der Waals surface area contributed by atoms with Crippen molar-refractivity contribution < 1.29 is 23.4 Å². The maximum atomic E-state index is 14.6. The van der Waals surface area contributed by atoms with Gasteiger partial charge in [-0.1, -0.05) is 6.92 Å². The van der Waals surface area contributed by atoms with E-state index in [2.05, 4.69) is 9.98 Å². The van der Waals surface area contributed by atoms with E-state index in [0.29, 0.717) is 29.0 Å². The van der Waals surface area contributed by atoms with Crippen LogP contribution in [0.3, 0.4) is 0 Å². The summed E-state index contributed by atoms with van der Waals surface area (Å²) in [6.07, 6.45) is 1.89. The number of nitrogens with one attached hydrogen (secondary N) is 1. The van der Waals surface area contributed by atoms with Gasteiger partial charge < -0.3 is 9.30 Å². The van der Waals surface area contributed by atoms with E-state index in [-0.39, 0.29) is 19.3 Å². The highest BCUT2D eigenvalue weighted by Gasteiger charge is 2.24. The molecule has 0 atom stereocenters. The number of fused-ring (bicyclic) bond motifs is 1. The SMILES string of the molecule is CCCS(=O)(=O)Nc1c(F)cc(F)c(Oc2ccc3ncn(C)c(=NCC)c3c2)c1C#N.[HH]. The smallest absolute Gasteiger partial charge is 0.232 e. The van der Waals surface area contributed by atoms with Gasteiger partial charge in [0.15, 0.2) is 17.4 Å². The van der Waals surface area contributed by atoms with Crippen LogP contribution in [0.1, 0.15) is 27.3 Å². The molecule has 8 nitrogen and oxygen atoms in total. The minimum atomic E-state index is -3.93. The maximum Gasteiger partial charge on any atom is 0.232 e. The van der Waals surface area contributed by atoms with Gasteiger partial charge in [0.1, 0.15) is 28.6 Å². The Kier molecular flexibility index (Phi) is 6.74. The van der Waals surface area contributed by atoms with Gasteiger partial charge in [0, 0.05) is 26.5 Å². The largest absolute Gasteiger partial charge is 0.453 e. The lowest BCUT2D eigenvalue weighted by atomic mass is 10.1. The molecule has 1 heterocycles. The summed E-state index contributed by atoms with van der Waals surface area (Å²) in [5, 5.41) is 10.2. The second-order valence-electron chi connectivity index (χ2n) is 6.89. The standard InChI is InChI=1S/C21H21F2N5O3S.H2/c1-4-8-32(29,30)27-19-15(11-24)20(17(23)10-16(19)22)31-13-6-7-18-14(9-13)21(25-5-2)28(3)12-26-18;/h6-7,9-10,12,27H,4-5,8H2,1-3H3;1H. The highest BCUT2D eigenvalue weighted by molar-refractivity contribution is 7.92. The van der Waals surface area contributed by atoms with Gasteiger partial charge in [0.05, 0.1) is 17.6 Å². The molecule has 0 aliphatic rings. The summed E-state index contributed by atoms with van der Waals surface area (Å²) >= 11 is 0. The van der Waals surface area contributed by atoms with Gasteiger partial charge in [-0.2, -0.15) is 5.26 Å². The first-order valence-electron chi connectivity index (χ1n) is 9.77. The lowest BCUT2D eigenvalue weighted by Gasteiger charge is -2.15. The average molecular weight is 464 g/mol. The Morgan fingerprint density at radius 1 is 1.28 bits per heavy atom. The molecule has 32 heavy (non-hydrogen) atoms. The first kappa shape index (κ1) is 23.1. The summed E-state index contributed by atoms with van der Waals surface area (Å²) in [5.74, 6) is -3.10. The molecule has 3 rings (SSSR count). The molecular weight excluding hydrogens is 440 g/mol. The molecule has 0 amide bonds. The lowest BCUT2D eigenvalue weighted by molar-refractivity contribution is 0.437. The Hall–Kier alpha value is -3.52. The third-order valence-electron chi connectivity index (χ3n) is 4.47. The minimum Gasteiger partial charge on any atom is -0.453 e. The summed E-state index contributed by atoms with van der Waals surface area (Å²) in [6.45, 7) is 4.03. The number of sulfonamides is 1. The molecule has 0 saturated heterocycles. The first-order valence-corrected chi connectivity index (χ1v) is 11.4. The van der Waals surface area contributed by atoms with Crippen molar-refractivity contribution in [1.82, 2.24) is 9.55 Å². The van der Waals surface area contributed by atoms with Crippen LogP contribution in [-0.2, 0) is 17.1 Å². The topological polar surface area (TPSA) is 109 Å². The second-order valence-corrected chi connectivity index (χ2v) is 8.73. The fraction of sp³-hybridized carbons (Fsp3) is 0.286. The molecule has 0 fully saturated rings. The predicted octanol–water partition coefficient (Wildman–Crippen LogP) is 3.83. The summed E-state index contributed by atoms with van der Waals surface area (Å²) in [5.41, 5.74) is -0.0165. The molecule has 0 spiro atoms. The van der Waals surface area contributed by atoms with Crippen molar-refractivity contribution >= 4 is 26.6 Å². The van der Waals surface area contributed by atoms with E-state index in [1.807, 2.05) is 11.6 Å². The van der Waals surface area contributed by atoms with Crippen molar-refractivity contribution in [1.29, 1.82) is 5.26 Å². The van der Waals surface area contributed by atoms with Crippen LogP contribution in [0, 0.1) is 23.0 Å². The molecule has 0 aliphatic carbocycles. The van der Waals surface area contributed by atoms with Gasteiger partial charge in [-0.05, 0) is 31.5 Å². The number of rotatable bonds is 7. The lowest BCUT2D eigenvalue weighted by Crippen LogP contribution is -2.19. The summed E-state index contributed by atoms with van der Waals surface area (Å²) < 4.78 is 62.5. The number of nitriles is 1. The molecule has 2 aromatic carbocycles. The van der Waals surface area contributed by atoms with E-state index in [4.69, 9.17) is 4.74 Å². The van der Waals surface area contributed by atoms with Crippen LogP contribution in [-0.4, -0.2) is 30.3 Å². The molecule has 0 aliphatic heterocycles. The van der Waals surface area contributed by atoms with Crippen molar-refractivity contribution in [3.63, 3.8) is 0 Å². The van der Waals surface area contributed by atoms with Gasteiger partial charge in [-0.3, -0.25) is 9.71 Å². The van der Waals surface area contributed by atoms with E-state index in [1.165, 1.54) is 6.07 Å². The Labute approximate surface area is 185 Å². The molecule has 0 radical (unpaired) electrons. The van der Waals surface area contributed by atoms with E-state index in [1.54, 1.807) is 43.1 Å². The molecule has 1 N–H and O–H groups in total. The van der Waals surface area contributed by atoms with Crippen molar-refractivity contribution in [2.75, 3.05) is 17.0 Å². The van der Waals surface area contributed by atoms with Crippen LogP contribution in [0.25, 0.3) is 10.9 Å². The summed E-state index contributed by atoms with van der Waals surface area (Å²) in [4.78, 5) is 8.73. The number of anilines is 1. The van der Waals surface area contributed by atoms with Gasteiger partial charge in [-0.15, -0.1) is 0 Å². The molecule has 0 unspecified atom stereocenters. The highest BCUT2D eigenvalue weighted by Crippen LogP contribution is 2.36. The number of hydrogen-bond acceptors (Lipinski definition) is 6. The summed E-state index contributed by atoms with van der Waals surface area (Å²) in [7, 11) is -2.16. The fourth-order valence-electron chi connectivity index (χ4n) is 3.11. The number of halogens is 2. The van der Waals surface area contributed by atoms with E-state index < -0.39 is 38.7 Å². The van der Waals surface area contributed by atoms with Gasteiger partial charge in [0.2, 0.25) is 10.0 Å². The predicted molar refractivity (Wildman–Crippen MR) is 118 cm³/mol. The quantitative estimate of drug-likeness (QED) is 0.573. The normalized spacial score (nSPS) is 12.1. The third-order valence-corrected chi connectivity index (χ3v) is 5.93. The monoisotopic (exact) mass is 463 g/mol. The van der Waals surface area contributed by atoms with Crippen LogP contribution in [0.2, 0.25) is 0 Å². The van der Waals surface area contributed by atoms with Crippen LogP contribution in [0.5, 0.6) is 11.5 Å². The Morgan fingerprint density at radius 2 is 2.03 bits per heavy atom. The van der Waals surface area contributed by atoms with Crippen LogP contribution < -0.4 is 14.9 Å². The van der Waals surface area contributed by atoms with Crippen LogP contribution >= 0.6 is 0 Å². The highest BCUT2D eigenvalue weighted by atomic mass is 32.2. The van der Waals surface area contributed by atoms with Crippen molar-refractivity contribution in [3.8, 4) is 17.6 Å². The van der Waals surface area contributed by atoms with Crippen molar-refractivity contribution in [3.05, 3.63) is 53.3 Å². The fourth-order valence-corrected chi connectivity index (χ4v) is 4.26. The van der Waals surface area contributed by atoms with Gasteiger partial charge in [-0.25, -0.2) is 22.2 Å². The molecule has 170 valence electrons. The number of aryl methyl sites for hydroxylation is 1. The Balaban J connectivity index is 0.00000385. The average Bonchev–Trinajstić information content (AvgIpc) is 2.73. The zero-order valence-corrected chi connectivity index (χ0v) is 18.5. The minimum absolute atomic E-state index is 0. The van der Waals surface area contributed by atoms with E-state index in [9.17, 15) is 22.5 Å². The molecule has 11 heteroatoms. The van der Waals surface area contributed by atoms with Crippen LogP contribution in [0.4, 0.5) is 14.5 Å².